The Morgan fingerprint density at radius 1 is 1.15 bits per heavy atom. The van der Waals surface area contributed by atoms with Crippen LogP contribution in [-0.2, 0) is 6.54 Å². The summed E-state index contributed by atoms with van der Waals surface area (Å²) in [5.41, 5.74) is 8.80. The van der Waals surface area contributed by atoms with E-state index >= 15 is 0 Å². The quantitative estimate of drug-likeness (QED) is 0.509. The Kier molecular flexibility index (Phi) is 3.98. The summed E-state index contributed by atoms with van der Waals surface area (Å²) >= 11 is 0. The van der Waals surface area contributed by atoms with E-state index in [1.807, 2.05) is 12.1 Å². The number of carbonyl (C=O) groups is 1. The highest BCUT2D eigenvalue weighted by atomic mass is 16.1. The highest BCUT2D eigenvalue weighted by Crippen LogP contribution is 2.23. The maximum Gasteiger partial charge on any atom is 0.248 e. The molecule has 0 radical (unpaired) electrons. The van der Waals surface area contributed by atoms with Crippen molar-refractivity contribution < 1.29 is 4.79 Å². The number of H-pyrrole nitrogens is 1. The maximum atomic E-state index is 11.2. The second kappa shape index (κ2) is 6.60. The number of aromatic amines is 1. The number of nitrogens with zero attached hydrogens (tertiary/aromatic N) is 4. The molecule has 1 aromatic carbocycles. The van der Waals surface area contributed by atoms with E-state index in [0.717, 1.165) is 16.6 Å². The predicted octanol–water partition coefficient (Wildman–Crippen LogP) is 2.13. The van der Waals surface area contributed by atoms with Gasteiger partial charge in [-0.25, -0.2) is 15.0 Å². The number of hydrogen-bond donors (Lipinski definition) is 3. The first-order valence-corrected chi connectivity index (χ1v) is 7.95. The summed E-state index contributed by atoms with van der Waals surface area (Å²) in [6, 6.07) is 10.7. The highest BCUT2D eigenvalue weighted by molar-refractivity contribution is 5.93. The van der Waals surface area contributed by atoms with Gasteiger partial charge in [-0.05, 0) is 23.8 Å². The lowest BCUT2D eigenvalue weighted by Crippen LogP contribution is -2.10. The van der Waals surface area contributed by atoms with E-state index in [4.69, 9.17) is 5.73 Å². The number of pyridine rings is 1. The van der Waals surface area contributed by atoms with Crippen molar-refractivity contribution in [3.63, 3.8) is 0 Å². The molecule has 8 heteroatoms. The van der Waals surface area contributed by atoms with E-state index in [9.17, 15) is 4.79 Å². The molecular formula is C18H15N7O. The first-order valence-electron chi connectivity index (χ1n) is 7.95. The lowest BCUT2D eigenvalue weighted by molar-refractivity contribution is 0.100. The Hall–Kier alpha value is -3.81. The Morgan fingerprint density at radius 2 is 2.00 bits per heavy atom. The van der Waals surface area contributed by atoms with Crippen LogP contribution in [0.25, 0.3) is 22.6 Å². The molecule has 0 atom stereocenters. The van der Waals surface area contributed by atoms with E-state index < -0.39 is 5.91 Å². The summed E-state index contributed by atoms with van der Waals surface area (Å²) in [6.07, 6.45) is 5.10. The van der Waals surface area contributed by atoms with Crippen LogP contribution in [0.2, 0.25) is 0 Å². The van der Waals surface area contributed by atoms with Gasteiger partial charge in [-0.2, -0.15) is 0 Å². The van der Waals surface area contributed by atoms with Crippen LogP contribution in [-0.4, -0.2) is 30.8 Å². The number of anilines is 1. The number of rotatable bonds is 5. The second-order valence-corrected chi connectivity index (χ2v) is 5.65. The molecule has 0 saturated carbocycles. The predicted molar refractivity (Wildman–Crippen MR) is 97.2 cm³/mol. The summed E-state index contributed by atoms with van der Waals surface area (Å²) < 4.78 is 0. The number of amides is 1. The van der Waals surface area contributed by atoms with Gasteiger partial charge in [0.25, 0.3) is 0 Å². The van der Waals surface area contributed by atoms with Gasteiger partial charge in [-0.15, -0.1) is 0 Å². The van der Waals surface area contributed by atoms with Gasteiger partial charge in [0.2, 0.25) is 5.91 Å². The van der Waals surface area contributed by atoms with Crippen LogP contribution in [0.5, 0.6) is 0 Å². The molecule has 0 bridgehead atoms. The lowest BCUT2D eigenvalue weighted by Gasteiger charge is -2.08. The van der Waals surface area contributed by atoms with Gasteiger partial charge in [0.05, 0.1) is 6.33 Å². The molecule has 3 aromatic heterocycles. The fourth-order valence-electron chi connectivity index (χ4n) is 2.56. The topological polar surface area (TPSA) is 122 Å². The van der Waals surface area contributed by atoms with Gasteiger partial charge in [-0.1, -0.05) is 18.2 Å². The zero-order chi connectivity index (χ0) is 17.9. The molecule has 0 unspecified atom stereocenters. The summed E-state index contributed by atoms with van der Waals surface area (Å²) in [5.74, 6) is 0.679. The fourth-order valence-corrected chi connectivity index (χ4v) is 2.56. The van der Waals surface area contributed by atoms with Crippen molar-refractivity contribution in [1.82, 2.24) is 24.9 Å². The van der Waals surface area contributed by atoms with Crippen molar-refractivity contribution in [3.8, 4) is 11.4 Å². The number of hydrogen-bond acceptors (Lipinski definition) is 6. The third-order valence-electron chi connectivity index (χ3n) is 3.90. The van der Waals surface area contributed by atoms with Crippen molar-refractivity contribution in [2.24, 2.45) is 5.73 Å². The van der Waals surface area contributed by atoms with Crippen LogP contribution in [0.15, 0.2) is 55.1 Å². The Bertz CT molecular complexity index is 1060. The smallest absolute Gasteiger partial charge is 0.248 e. The highest BCUT2D eigenvalue weighted by Gasteiger charge is 2.12. The molecule has 4 rings (SSSR count). The molecule has 0 aliphatic carbocycles. The first kappa shape index (κ1) is 15.7. The van der Waals surface area contributed by atoms with Gasteiger partial charge in [0.15, 0.2) is 17.3 Å². The Labute approximate surface area is 148 Å². The van der Waals surface area contributed by atoms with Crippen molar-refractivity contribution >= 4 is 22.9 Å². The first-order chi connectivity index (χ1) is 12.7. The second-order valence-electron chi connectivity index (χ2n) is 5.65. The van der Waals surface area contributed by atoms with E-state index in [1.165, 1.54) is 0 Å². The summed E-state index contributed by atoms with van der Waals surface area (Å²) in [5, 5.41) is 3.29. The van der Waals surface area contributed by atoms with Gasteiger partial charge in [-0.3, -0.25) is 9.78 Å². The van der Waals surface area contributed by atoms with Crippen LogP contribution in [0.1, 0.15) is 15.9 Å². The molecule has 4 N–H and O–H groups in total. The van der Waals surface area contributed by atoms with Crippen molar-refractivity contribution in [3.05, 3.63) is 66.2 Å². The van der Waals surface area contributed by atoms with Gasteiger partial charge < -0.3 is 16.0 Å². The van der Waals surface area contributed by atoms with Gasteiger partial charge >= 0.3 is 0 Å². The van der Waals surface area contributed by atoms with Crippen molar-refractivity contribution in [2.75, 3.05) is 5.32 Å². The summed E-state index contributed by atoms with van der Waals surface area (Å²) in [4.78, 5) is 31.7. The van der Waals surface area contributed by atoms with E-state index in [2.05, 4.69) is 30.2 Å². The number of primary amides is 1. The van der Waals surface area contributed by atoms with E-state index in [1.54, 1.807) is 43.0 Å². The number of nitrogens with one attached hydrogen (secondary N) is 2. The summed E-state index contributed by atoms with van der Waals surface area (Å²) in [7, 11) is 0. The lowest BCUT2D eigenvalue weighted by atomic mass is 10.1. The molecular weight excluding hydrogens is 330 g/mol. The Balaban J connectivity index is 1.69. The number of carbonyl (C=O) groups excluding carboxylic acids is 1. The molecule has 4 aromatic rings. The molecule has 128 valence electrons. The van der Waals surface area contributed by atoms with Crippen LogP contribution < -0.4 is 11.1 Å². The maximum absolute atomic E-state index is 11.2. The minimum absolute atomic E-state index is 0.435. The fraction of sp³-hybridized carbons (Fsp3) is 0.0556. The Morgan fingerprint density at radius 3 is 2.73 bits per heavy atom. The molecule has 26 heavy (non-hydrogen) atoms. The molecule has 0 spiro atoms. The van der Waals surface area contributed by atoms with Crippen LogP contribution >= 0.6 is 0 Å². The standard InChI is InChI=1S/C18H15N7O/c19-15(26)12-3-5-13(6-4-12)16-24-17(14-18(25-16)23-10-22-14)21-9-11-2-1-7-20-8-11/h1-8,10H,9H2,(H2,19,26)(H2,21,22,23,24,25). The zero-order valence-electron chi connectivity index (χ0n) is 13.7. The molecule has 3 heterocycles. The molecule has 0 saturated heterocycles. The monoisotopic (exact) mass is 345 g/mol. The number of imidazole rings is 1. The number of nitrogens with two attached hydrogens (primary N) is 1. The normalized spacial score (nSPS) is 10.8. The van der Waals surface area contributed by atoms with E-state index in [-0.39, 0.29) is 0 Å². The number of benzene rings is 1. The summed E-state index contributed by atoms with van der Waals surface area (Å²) in [6.45, 7) is 0.568. The minimum Gasteiger partial charge on any atom is -0.366 e. The molecule has 0 aliphatic rings. The average molecular weight is 345 g/mol. The molecule has 0 fully saturated rings. The van der Waals surface area contributed by atoms with Crippen molar-refractivity contribution in [2.45, 2.75) is 6.54 Å². The SMILES string of the molecule is NC(=O)c1ccc(-c2nc(NCc3cccnc3)c3[nH]cnc3n2)cc1. The van der Waals surface area contributed by atoms with Crippen LogP contribution in [0, 0.1) is 0 Å². The molecule has 0 aliphatic heterocycles. The van der Waals surface area contributed by atoms with Crippen LogP contribution in [0.4, 0.5) is 5.82 Å². The average Bonchev–Trinajstić information content (AvgIpc) is 3.16. The van der Waals surface area contributed by atoms with Crippen molar-refractivity contribution in [1.29, 1.82) is 0 Å². The molecule has 1 amide bonds. The van der Waals surface area contributed by atoms with E-state index in [0.29, 0.717) is 29.4 Å². The van der Waals surface area contributed by atoms with Crippen LogP contribution in [0.3, 0.4) is 0 Å². The van der Waals surface area contributed by atoms with Gasteiger partial charge in [0, 0.05) is 30.1 Å². The zero-order valence-corrected chi connectivity index (χ0v) is 13.7. The number of fused-ring (bicyclic) bond motifs is 1. The minimum atomic E-state index is -0.473. The third-order valence-corrected chi connectivity index (χ3v) is 3.90. The van der Waals surface area contributed by atoms with Gasteiger partial charge in [0.1, 0.15) is 5.52 Å². The third kappa shape index (κ3) is 3.07. The largest absolute Gasteiger partial charge is 0.366 e. The number of aromatic nitrogens is 5. The molecule has 8 nitrogen and oxygen atoms in total.